The Kier molecular flexibility index (Phi) is 8.65. The van der Waals surface area contributed by atoms with Crippen LogP contribution in [0, 0.1) is 5.92 Å². The van der Waals surface area contributed by atoms with Crippen molar-refractivity contribution in [1.29, 1.82) is 0 Å². The summed E-state index contributed by atoms with van der Waals surface area (Å²) in [7, 11) is 0. The highest BCUT2D eigenvalue weighted by Crippen LogP contribution is 2.19. The van der Waals surface area contributed by atoms with Crippen LogP contribution in [0.3, 0.4) is 0 Å². The minimum Gasteiger partial charge on any atom is -0.444 e. The van der Waals surface area contributed by atoms with Crippen molar-refractivity contribution in [1.82, 2.24) is 10.2 Å². The Morgan fingerprint density at radius 1 is 1.22 bits per heavy atom. The van der Waals surface area contributed by atoms with Gasteiger partial charge in [-0.15, -0.1) is 24.0 Å². The monoisotopic (exact) mass is 440 g/mol. The van der Waals surface area contributed by atoms with E-state index in [0.717, 1.165) is 25.9 Å². The first-order valence-electron chi connectivity index (χ1n) is 8.02. The first-order chi connectivity index (χ1) is 9.96. The number of ether oxygens (including phenoxy) is 1. The highest BCUT2D eigenvalue weighted by atomic mass is 127. The molecule has 136 valence electrons. The second kappa shape index (κ2) is 8.94. The van der Waals surface area contributed by atoms with E-state index in [4.69, 9.17) is 10.5 Å². The molecule has 1 heterocycles. The molecular weight excluding hydrogens is 407 g/mol. The topological polar surface area (TPSA) is 80.0 Å². The third-order valence-corrected chi connectivity index (χ3v) is 3.29. The minimum atomic E-state index is -0.439. The second-order valence-electron chi connectivity index (χ2n) is 8.01. The number of likely N-dealkylation sites (tertiary alicyclic amines) is 1. The van der Waals surface area contributed by atoms with Crippen molar-refractivity contribution in [3.63, 3.8) is 0 Å². The number of nitrogens with zero attached hydrogens (tertiary/aromatic N) is 2. The zero-order chi connectivity index (χ0) is 17.0. The number of hydrogen-bond donors (Lipinski definition) is 2. The zero-order valence-corrected chi connectivity index (χ0v) is 17.6. The number of aliphatic imine (C=N–C) groups is 1. The van der Waals surface area contributed by atoms with Crippen LogP contribution in [0.5, 0.6) is 0 Å². The van der Waals surface area contributed by atoms with Crippen LogP contribution in [-0.4, -0.2) is 47.7 Å². The van der Waals surface area contributed by atoms with Crippen LogP contribution in [0.15, 0.2) is 4.99 Å². The summed E-state index contributed by atoms with van der Waals surface area (Å²) < 4.78 is 5.39. The molecule has 6 nitrogen and oxygen atoms in total. The van der Waals surface area contributed by atoms with Gasteiger partial charge in [0.05, 0.1) is 0 Å². The standard InChI is InChI=1S/C16H32N4O2.HI/c1-15(2,3)19-13(17)18-11-12-7-9-20(10-8-12)14(21)22-16(4,5)6;/h12H,7-11H2,1-6H3,(H3,17,18,19);1H. The van der Waals surface area contributed by atoms with E-state index in [1.807, 2.05) is 20.8 Å². The van der Waals surface area contributed by atoms with Crippen LogP contribution >= 0.6 is 24.0 Å². The lowest BCUT2D eigenvalue weighted by Crippen LogP contribution is -2.45. The van der Waals surface area contributed by atoms with Crippen LogP contribution in [0.4, 0.5) is 4.79 Å². The fraction of sp³-hybridized carbons (Fsp3) is 0.875. The summed E-state index contributed by atoms with van der Waals surface area (Å²) in [5.41, 5.74) is 5.36. The van der Waals surface area contributed by atoms with E-state index in [9.17, 15) is 4.79 Å². The summed E-state index contributed by atoms with van der Waals surface area (Å²) in [6, 6.07) is 0. The van der Waals surface area contributed by atoms with E-state index >= 15 is 0 Å². The average molecular weight is 440 g/mol. The van der Waals surface area contributed by atoms with Crippen molar-refractivity contribution < 1.29 is 9.53 Å². The number of carbonyl (C=O) groups excluding carboxylic acids is 1. The predicted octanol–water partition coefficient (Wildman–Crippen LogP) is 2.95. The van der Waals surface area contributed by atoms with Crippen LogP contribution in [0.2, 0.25) is 0 Å². The van der Waals surface area contributed by atoms with Crippen molar-refractivity contribution in [3.05, 3.63) is 0 Å². The van der Waals surface area contributed by atoms with E-state index in [0.29, 0.717) is 18.4 Å². The molecule has 0 bridgehead atoms. The van der Waals surface area contributed by atoms with Crippen LogP contribution in [0.25, 0.3) is 0 Å². The molecule has 1 amide bonds. The zero-order valence-electron chi connectivity index (χ0n) is 15.3. The number of piperidine rings is 1. The van der Waals surface area contributed by atoms with Gasteiger partial charge in [0.2, 0.25) is 0 Å². The quantitative estimate of drug-likeness (QED) is 0.393. The van der Waals surface area contributed by atoms with Gasteiger partial charge >= 0.3 is 6.09 Å². The van der Waals surface area contributed by atoms with Gasteiger partial charge in [-0.25, -0.2) is 4.79 Å². The molecule has 0 atom stereocenters. The number of nitrogens with two attached hydrogens (primary N) is 1. The maximum Gasteiger partial charge on any atom is 0.410 e. The lowest BCUT2D eigenvalue weighted by molar-refractivity contribution is 0.0187. The number of nitrogens with one attached hydrogen (secondary N) is 1. The smallest absolute Gasteiger partial charge is 0.410 e. The van der Waals surface area contributed by atoms with Crippen molar-refractivity contribution >= 4 is 36.0 Å². The number of halogens is 1. The first kappa shape index (κ1) is 22.3. The molecule has 0 aromatic carbocycles. The summed E-state index contributed by atoms with van der Waals surface area (Å²) >= 11 is 0. The Labute approximate surface area is 157 Å². The predicted molar refractivity (Wildman–Crippen MR) is 105 cm³/mol. The molecule has 0 saturated carbocycles. The van der Waals surface area contributed by atoms with E-state index < -0.39 is 5.60 Å². The van der Waals surface area contributed by atoms with Gasteiger partial charge in [0.15, 0.2) is 5.96 Å². The van der Waals surface area contributed by atoms with E-state index in [-0.39, 0.29) is 35.6 Å². The molecule has 0 aromatic heterocycles. The molecule has 7 heteroatoms. The molecule has 1 aliphatic heterocycles. The minimum absolute atomic E-state index is 0. The van der Waals surface area contributed by atoms with Crippen molar-refractivity contribution in [2.45, 2.75) is 65.5 Å². The molecule has 0 unspecified atom stereocenters. The van der Waals surface area contributed by atoms with Gasteiger partial charge in [0, 0.05) is 25.2 Å². The van der Waals surface area contributed by atoms with Gasteiger partial charge in [-0.05, 0) is 60.3 Å². The molecule has 1 aliphatic rings. The first-order valence-corrected chi connectivity index (χ1v) is 8.02. The summed E-state index contributed by atoms with van der Waals surface area (Å²) in [6.07, 6.45) is 1.65. The summed E-state index contributed by atoms with van der Waals surface area (Å²) in [5, 5.41) is 3.15. The van der Waals surface area contributed by atoms with E-state index in [1.165, 1.54) is 0 Å². The third-order valence-electron chi connectivity index (χ3n) is 3.29. The number of rotatable bonds is 2. The van der Waals surface area contributed by atoms with Crippen molar-refractivity contribution in [2.24, 2.45) is 16.6 Å². The summed E-state index contributed by atoms with van der Waals surface area (Å²) in [6.45, 7) is 14.0. The Balaban J connectivity index is 0.00000484. The van der Waals surface area contributed by atoms with Gasteiger partial charge in [0.1, 0.15) is 5.60 Å². The molecule has 0 aromatic rings. The van der Waals surface area contributed by atoms with Gasteiger partial charge in [-0.3, -0.25) is 4.99 Å². The molecular formula is C16H33IN4O2. The van der Waals surface area contributed by atoms with Gasteiger partial charge in [0.25, 0.3) is 0 Å². The van der Waals surface area contributed by atoms with Crippen LogP contribution in [-0.2, 0) is 4.74 Å². The molecule has 23 heavy (non-hydrogen) atoms. The maximum absolute atomic E-state index is 12.0. The van der Waals surface area contributed by atoms with Crippen LogP contribution < -0.4 is 11.1 Å². The Morgan fingerprint density at radius 2 is 1.74 bits per heavy atom. The Hall–Kier alpha value is -0.730. The fourth-order valence-corrected chi connectivity index (χ4v) is 2.28. The number of hydrogen-bond acceptors (Lipinski definition) is 3. The highest BCUT2D eigenvalue weighted by molar-refractivity contribution is 14.0. The SMILES string of the molecule is CC(C)(C)NC(N)=NCC1CCN(C(=O)OC(C)(C)C)CC1.I. The number of carbonyl (C=O) groups is 1. The van der Waals surface area contributed by atoms with Gasteiger partial charge < -0.3 is 20.7 Å². The number of guanidine groups is 1. The van der Waals surface area contributed by atoms with Crippen molar-refractivity contribution in [2.75, 3.05) is 19.6 Å². The third kappa shape index (κ3) is 9.88. The Morgan fingerprint density at radius 3 is 2.17 bits per heavy atom. The highest BCUT2D eigenvalue weighted by Gasteiger charge is 2.26. The molecule has 1 saturated heterocycles. The van der Waals surface area contributed by atoms with Crippen molar-refractivity contribution in [3.8, 4) is 0 Å². The van der Waals surface area contributed by atoms with Crippen LogP contribution in [0.1, 0.15) is 54.4 Å². The average Bonchev–Trinajstić information content (AvgIpc) is 2.33. The van der Waals surface area contributed by atoms with E-state index in [1.54, 1.807) is 4.90 Å². The molecule has 3 N–H and O–H groups in total. The van der Waals surface area contributed by atoms with E-state index in [2.05, 4.69) is 31.1 Å². The molecule has 0 radical (unpaired) electrons. The number of amides is 1. The summed E-state index contributed by atoms with van der Waals surface area (Å²) in [4.78, 5) is 18.2. The largest absolute Gasteiger partial charge is 0.444 e. The molecule has 1 fully saturated rings. The maximum atomic E-state index is 12.0. The van der Waals surface area contributed by atoms with Gasteiger partial charge in [-0.2, -0.15) is 0 Å². The second-order valence-corrected chi connectivity index (χ2v) is 8.01. The fourth-order valence-electron chi connectivity index (χ4n) is 2.28. The molecule has 1 rings (SSSR count). The Bertz CT molecular complexity index is 405. The van der Waals surface area contributed by atoms with Gasteiger partial charge in [-0.1, -0.05) is 0 Å². The summed E-state index contributed by atoms with van der Waals surface area (Å²) in [5.74, 6) is 0.959. The molecule has 0 spiro atoms. The lowest BCUT2D eigenvalue weighted by atomic mass is 9.97. The normalized spacial score (nSPS) is 17.5. The molecule has 0 aliphatic carbocycles. The lowest BCUT2D eigenvalue weighted by Gasteiger charge is -2.33.